The number of fused-ring (bicyclic) bond motifs is 1. The highest BCUT2D eigenvalue weighted by Gasteiger charge is 2.48. The van der Waals surface area contributed by atoms with E-state index in [-0.39, 0.29) is 62.5 Å². The molecule has 0 spiro atoms. The number of aromatic nitrogens is 1. The Morgan fingerprint density at radius 3 is 1.82 bits per heavy atom. The molecule has 1 aromatic heterocycles. The second-order valence-corrected chi connectivity index (χ2v) is 29.4. The number of aryl methyl sites for hydroxylation is 1. The molecule has 2 saturated heterocycles. The Labute approximate surface area is 597 Å². The van der Waals surface area contributed by atoms with Crippen LogP contribution in [0.25, 0.3) is 0 Å². The molecule has 560 valence electrons. The van der Waals surface area contributed by atoms with Gasteiger partial charge in [0.1, 0.15) is 60.4 Å². The Kier molecular flexibility index (Phi) is 29.5. The van der Waals surface area contributed by atoms with Gasteiger partial charge in [-0.3, -0.25) is 62.5 Å². The summed E-state index contributed by atoms with van der Waals surface area (Å²) in [5.74, 6) is -9.56. The Bertz CT molecular complexity index is 3300. The van der Waals surface area contributed by atoms with E-state index in [4.69, 9.17) is 11.6 Å². The third-order valence-corrected chi connectivity index (χ3v) is 21.5. The molecule has 0 bridgehead atoms. The molecule has 2 saturated carbocycles. The summed E-state index contributed by atoms with van der Waals surface area (Å²) >= 11 is 6.16. The number of hydrogen-bond donors (Lipinski definition) is 3. The average molecular weight is 1440 g/mol. The molecule has 29 heteroatoms. The molecule has 3 heterocycles. The lowest BCUT2D eigenvalue weighted by molar-refractivity contribution is -0.160. The lowest BCUT2D eigenvalue weighted by Gasteiger charge is -2.45. The van der Waals surface area contributed by atoms with Gasteiger partial charge >= 0.3 is 6.18 Å². The number of nitrogens with one attached hydrogen (secondary N) is 3. The molecule has 12 amide bonds. The molecule has 25 nitrogen and oxygen atoms in total. The fourth-order valence-electron chi connectivity index (χ4n) is 14.2. The van der Waals surface area contributed by atoms with Crippen molar-refractivity contribution in [3.63, 3.8) is 0 Å². The van der Waals surface area contributed by atoms with Crippen molar-refractivity contribution in [3.05, 3.63) is 64.4 Å². The Balaban J connectivity index is 1.45. The van der Waals surface area contributed by atoms with Crippen molar-refractivity contribution in [3.8, 4) is 0 Å². The highest BCUT2D eigenvalue weighted by molar-refractivity contribution is 6.31. The molecule has 0 radical (unpaired) electrons. The molecule has 3 N–H and O–H groups in total. The third-order valence-electron chi connectivity index (χ3n) is 21.1. The maximum Gasteiger partial charge on any atom is 0.417 e. The summed E-state index contributed by atoms with van der Waals surface area (Å²) in [6.07, 6.45) is 4.58. The van der Waals surface area contributed by atoms with Crippen LogP contribution in [0, 0.1) is 23.7 Å². The molecule has 4 fully saturated rings. The van der Waals surface area contributed by atoms with Crippen LogP contribution < -0.4 is 16.0 Å². The minimum absolute atomic E-state index is 0.00188. The summed E-state index contributed by atoms with van der Waals surface area (Å²) in [6, 6.07) is -6.58. The van der Waals surface area contributed by atoms with Gasteiger partial charge in [0.05, 0.1) is 23.6 Å². The summed E-state index contributed by atoms with van der Waals surface area (Å²) in [5.41, 5.74) is -0.320. The van der Waals surface area contributed by atoms with E-state index in [2.05, 4.69) is 20.9 Å². The zero-order valence-electron chi connectivity index (χ0n) is 61.4. The van der Waals surface area contributed by atoms with Crippen LogP contribution in [-0.2, 0) is 76.6 Å². The van der Waals surface area contributed by atoms with Crippen molar-refractivity contribution in [1.82, 2.24) is 65.0 Å². The molecule has 2 aliphatic heterocycles. The number of halogens is 4. The van der Waals surface area contributed by atoms with Crippen LogP contribution in [-0.4, -0.2) is 257 Å². The van der Waals surface area contributed by atoms with Crippen LogP contribution in [0.15, 0.2) is 42.7 Å². The van der Waals surface area contributed by atoms with Crippen LogP contribution in [0.2, 0.25) is 5.02 Å². The Morgan fingerprint density at radius 2 is 1.26 bits per heavy atom. The lowest BCUT2D eigenvalue weighted by atomic mass is 9.84. The number of carbonyl (C=O) groups excluding carboxylic acids is 12. The summed E-state index contributed by atoms with van der Waals surface area (Å²) in [6.45, 7) is 9.67. The fourth-order valence-corrected chi connectivity index (χ4v) is 14.6. The highest BCUT2D eigenvalue weighted by atomic mass is 35.5. The summed E-state index contributed by atoms with van der Waals surface area (Å²) in [5, 5.41) is 7.78. The molecule has 4 aliphatic rings. The van der Waals surface area contributed by atoms with Gasteiger partial charge in [-0.05, 0) is 118 Å². The maximum atomic E-state index is 15.3. The number of benzene rings is 1. The first kappa shape index (κ1) is 82.0. The Hall–Kier alpha value is -7.91. The van der Waals surface area contributed by atoms with Gasteiger partial charge in [0, 0.05) is 88.8 Å². The first-order chi connectivity index (χ1) is 47.4. The van der Waals surface area contributed by atoms with Gasteiger partial charge in [-0.2, -0.15) is 13.2 Å². The molecule has 2 aromatic rings. The van der Waals surface area contributed by atoms with E-state index in [0.29, 0.717) is 37.7 Å². The standard InChI is InChI=1S/C72H107ClF3N13O12/c1-16-43(4)60-70(100)83(10)45(6)65(95)89-35-32-53(89)69(99)86(13)56(39-46-22-18-17-19-23-46)68(98)82(9)41-58(90)79-52(29-27-47-26-28-50(51(73)37-47)72(74,75)76)66(96)85(12)55(38-48-30-33-77-34-31-48)62(92)78-44(5)64(94)88(15)61(49-24-20-21-25-49)71(101)87(14)57(67(97)81(7)8)40-59(91)84(11)54(36-42(2)3)63(93)80-60/h26,28,30-31,33-34,37,42-46,49,52-57,60-61H,16-25,27,29,32,35-36,38-41H2,1-15H3,(H,78,92)(H,79,90)(H,80,93)/t43-,44-,45-,52-,53?,54-,55-,56-,57-,60-,61-/m0/s1. The molecule has 6 rings (SSSR count). The van der Waals surface area contributed by atoms with Crippen molar-refractivity contribution in [2.45, 2.75) is 217 Å². The zero-order chi connectivity index (χ0) is 75.2. The predicted molar refractivity (Wildman–Crippen MR) is 372 cm³/mol. The van der Waals surface area contributed by atoms with Crippen LogP contribution in [0.3, 0.4) is 0 Å². The monoisotopic (exact) mass is 1440 g/mol. The number of alkyl halides is 3. The van der Waals surface area contributed by atoms with E-state index in [1.165, 1.54) is 125 Å². The van der Waals surface area contributed by atoms with E-state index >= 15 is 19.2 Å². The number of amides is 12. The van der Waals surface area contributed by atoms with Gasteiger partial charge in [-0.1, -0.05) is 96.7 Å². The van der Waals surface area contributed by atoms with Crippen LogP contribution in [0.5, 0.6) is 0 Å². The number of rotatable bonds is 13. The summed E-state index contributed by atoms with van der Waals surface area (Å²) in [7, 11) is 12.7. The van der Waals surface area contributed by atoms with Crippen molar-refractivity contribution in [2.24, 2.45) is 23.7 Å². The van der Waals surface area contributed by atoms with E-state index in [0.717, 1.165) is 58.9 Å². The quantitative estimate of drug-likeness (QED) is 0.233. The van der Waals surface area contributed by atoms with E-state index in [9.17, 15) is 51.5 Å². The van der Waals surface area contributed by atoms with Crippen molar-refractivity contribution in [2.75, 3.05) is 76.5 Å². The predicted octanol–water partition coefficient (Wildman–Crippen LogP) is 5.19. The number of pyridine rings is 1. The van der Waals surface area contributed by atoms with Gasteiger partial charge < -0.3 is 60.0 Å². The zero-order valence-corrected chi connectivity index (χ0v) is 62.2. The van der Waals surface area contributed by atoms with Gasteiger partial charge in [0.25, 0.3) is 0 Å². The molecule has 1 aromatic carbocycles. The first-order valence-corrected chi connectivity index (χ1v) is 35.8. The molecule has 1 unspecified atom stereocenters. The number of carbonyl (C=O) groups is 12. The van der Waals surface area contributed by atoms with Gasteiger partial charge in [-0.15, -0.1) is 0 Å². The van der Waals surface area contributed by atoms with Gasteiger partial charge in [-0.25, -0.2) is 0 Å². The summed E-state index contributed by atoms with van der Waals surface area (Å²) < 4.78 is 41.7. The molecule has 11 atom stereocenters. The van der Waals surface area contributed by atoms with Crippen molar-refractivity contribution < 1.29 is 70.7 Å². The normalized spacial score (nSPS) is 26.6. The molecule has 2 aliphatic carbocycles. The Morgan fingerprint density at radius 1 is 0.653 bits per heavy atom. The summed E-state index contributed by atoms with van der Waals surface area (Å²) in [4.78, 5) is 194. The van der Waals surface area contributed by atoms with Crippen LogP contribution in [0.1, 0.15) is 155 Å². The largest absolute Gasteiger partial charge is 0.417 e. The van der Waals surface area contributed by atoms with Crippen molar-refractivity contribution in [1.29, 1.82) is 0 Å². The van der Waals surface area contributed by atoms with Gasteiger partial charge in [0.2, 0.25) is 70.9 Å². The maximum absolute atomic E-state index is 15.3. The number of hydrogen-bond acceptors (Lipinski definition) is 13. The highest BCUT2D eigenvalue weighted by Crippen LogP contribution is 2.37. The fraction of sp³-hybridized carbons (Fsp3) is 0.681. The third kappa shape index (κ3) is 20.7. The molecule has 101 heavy (non-hydrogen) atoms. The minimum atomic E-state index is -4.78. The second-order valence-electron chi connectivity index (χ2n) is 28.9. The van der Waals surface area contributed by atoms with Crippen LogP contribution in [0.4, 0.5) is 13.2 Å². The minimum Gasteiger partial charge on any atom is -0.347 e. The lowest BCUT2D eigenvalue weighted by Crippen LogP contribution is -2.65. The molecular weight excluding hydrogens is 1330 g/mol. The van der Waals surface area contributed by atoms with E-state index in [1.54, 1.807) is 19.1 Å². The smallest absolute Gasteiger partial charge is 0.347 e. The number of nitrogens with zero attached hydrogens (tertiary/aromatic N) is 10. The first-order valence-electron chi connectivity index (χ1n) is 35.4. The van der Waals surface area contributed by atoms with Crippen LogP contribution >= 0.6 is 11.6 Å². The average Bonchev–Trinajstić information content (AvgIpc) is 1.34. The second kappa shape index (κ2) is 36.3. The van der Waals surface area contributed by atoms with Crippen molar-refractivity contribution >= 4 is 82.5 Å². The van der Waals surface area contributed by atoms with Gasteiger partial charge in [0.15, 0.2) is 0 Å². The van der Waals surface area contributed by atoms with E-state index < -0.39 is 173 Å². The topological polar surface area (TPSA) is 283 Å². The number of likely N-dealkylation sites (N-methyl/N-ethyl adjacent to an activating group) is 8. The SMILES string of the molecule is CC[C@H](C)[C@@H]1NC(=O)[C@H](CC(C)C)N(C)C(=O)C[C@@H](C(=O)N(C)C)N(C)C(=O)[C@H](C2CCCC2)N(C)C(=O)[C@H](C)NC(=O)[C@H](Cc2ccncc2)N(C)C(=O)[C@H](CCc2ccc(C(F)(F)F)c(Cl)c2)NC(=O)CN(C)C(=O)[C@H](CC2CCCCC2)N(C)C(=O)C2CCN2C(=O)[C@H](C)N(C)C1=O. The van der Waals surface area contributed by atoms with E-state index in [1.807, 2.05) is 20.8 Å². The molecular formula is C72H107ClF3N13O12.